The molecule has 0 bridgehead atoms. The van der Waals surface area contributed by atoms with Crippen LogP contribution in [0.3, 0.4) is 0 Å². The lowest BCUT2D eigenvalue weighted by Crippen LogP contribution is -2.09. The van der Waals surface area contributed by atoms with E-state index in [1.165, 1.54) is 0 Å². The van der Waals surface area contributed by atoms with Crippen molar-refractivity contribution in [2.45, 2.75) is 40.7 Å². The van der Waals surface area contributed by atoms with Crippen LogP contribution in [0.15, 0.2) is 9.80 Å². The molecule has 2 rings (SSSR count). The van der Waals surface area contributed by atoms with Crippen molar-refractivity contribution in [3.8, 4) is 0 Å². The third-order valence-electron chi connectivity index (χ3n) is 2.24. The molecule has 2 aromatic heterocycles. The minimum absolute atomic E-state index is 0.149. The van der Waals surface area contributed by atoms with Gasteiger partial charge in [-0.3, -0.25) is 0 Å². The number of rotatable bonds is 4. The van der Waals surface area contributed by atoms with E-state index in [0.29, 0.717) is 18.5 Å². The molecule has 0 atom stereocenters. The highest BCUT2D eigenvalue weighted by atomic mass is 32.1. The largest absolute Gasteiger partial charge is 0.408 e. The summed E-state index contributed by atoms with van der Waals surface area (Å²) < 4.78 is 5.53. The van der Waals surface area contributed by atoms with Crippen LogP contribution >= 0.6 is 11.3 Å². The van der Waals surface area contributed by atoms with Gasteiger partial charge in [0.05, 0.1) is 17.2 Å². The van der Waals surface area contributed by atoms with Crippen molar-refractivity contribution in [3.63, 3.8) is 0 Å². The fourth-order valence-electron chi connectivity index (χ4n) is 1.51. The van der Waals surface area contributed by atoms with Gasteiger partial charge in [0.2, 0.25) is 5.89 Å². The van der Waals surface area contributed by atoms with Gasteiger partial charge < -0.3 is 9.73 Å². The summed E-state index contributed by atoms with van der Waals surface area (Å²) in [6.07, 6.45) is 0.775. The Morgan fingerprint density at radius 1 is 1.33 bits per heavy atom. The van der Waals surface area contributed by atoms with E-state index in [9.17, 15) is 0 Å². The zero-order valence-corrected chi connectivity index (χ0v) is 12.0. The van der Waals surface area contributed by atoms with Gasteiger partial charge >= 0.3 is 6.01 Å². The monoisotopic (exact) mass is 266 g/mol. The van der Waals surface area contributed by atoms with E-state index < -0.39 is 0 Å². The average molecular weight is 266 g/mol. The minimum atomic E-state index is 0.149. The molecule has 0 saturated carbocycles. The lowest BCUT2D eigenvalue weighted by molar-refractivity contribution is 0.357. The molecule has 0 spiro atoms. The molecule has 18 heavy (non-hydrogen) atoms. The lowest BCUT2D eigenvalue weighted by Gasteiger charge is -2.14. The zero-order chi connectivity index (χ0) is 13.2. The molecule has 0 unspecified atom stereocenters. The molecular formula is C12H18N4OS. The van der Waals surface area contributed by atoms with Crippen LogP contribution in [0.4, 0.5) is 6.01 Å². The third-order valence-corrected chi connectivity index (χ3v) is 3.06. The molecular weight excluding hydrogens is 248 g/mol. The van der Waals surface area contributed by atoms with Crippen molar-refractivity contribution in [2.24, 2.45) is 5.41 Å². The summed E-state index contributed by atoms with van der Waals surface area (Å²) in [7, 11) is 0. The smallest absolute Gasteiger partial charge is 0.315 e. The maximum absolute atomic E-state index is 5.53. The molecule has 0 saturated heterocycles. The van der Waals surface area contributed by atoms with Crippen LogP contribution in [0.1, 0.15) is 37.4 Å². The molecule has 2 aromatic rings. The predicted molar refractivity (Wildman–Crippen MR) is 71.6 cm³/mol. The van der Waals surface area contributed by atoms with E-state index in [-0.39, 0.29) is 5.41 Å². The van der Waals surface area contributed by atoms with Gasteiger partial charge in [-0.25, -0.2) is 4.98 Å². The molecule has 0 aliphatic carbocycles. The highest BCUT2D eigenvalue weighted by Gasteiger charge is 2.16. The van der Waals surface area contributed by atoms with Crippen LogP contribution in [0.5, 0.6) is 0 Å². The van der Waals surface area contributed by atoms with Crippen LogP contribution in [-0.2, 0) is 13.0 Å². The maximum atomic E-state index is 5.53. The Hall–Kier alpha value is -1.43. The summed E-state index contributed by atoms with van der Waals surface area (Å²) in [6, 6.07) is 0.458. The molecule has 6 heteroatoms. The summed E-state index contributed by atoms with van der Waals surface area (Å²) in [5, 5.41) is 14.2. The Morgan fingerprint density at radius 3 is 2.72 bits per heavy atom. The zero-order valence-electron chi connectivity index (χ0n) is 11.1. The number of hydrogen-bond acceptors (Lipinski definition) is 6. The van der Waals surface area contributed by atoms with Crippen LogP contribution < -0.4 is 5.32 Å². The Morgan fingerprint density at radius 2 is 2.11 bits per heavy atom. The van der Waals surface area contributed by atoms with Gasteiger partial charge in [0, 0.05) is 11.8 Å². The first-order valence-electron chi connectivity index (χ1n) is 5.90. The second kappa shape index (κ2) is 5.06. The molecule has 98 valence electrons. The molecule has 0 radical (unpaired) electrons. The number of aryl methyl sites for hydroxylation is 1. The maximum Gasteiger partial charge on any atom is 0.315 e. The van der Waals surface area contributed by atoms with Crippen molar-refractivity contribution in [1.82, 2.24) is 15.2 Å². The Kier molecular flexibility index (Phi) is 3.65. The Bertz CT molecular complexity index is 512. The summed E-state index contributed by atoms with van der Waals surface area (Å²) >= 11 is 1.63. The molecule has 1 N–H and O–H groups in total. The third kappa shape index (κ3) is 3.80. The van der Waals surface area contributed by atoms with Gasteiger partial charge in [-0.2, -0.15) is 0 Å². The Labute approximate surface area is 111 Å². The second-order valence-corrected chi connectivity index (χ2v) is 6.51. The van der Waals surface area contributed by atoms with Crippen molar-refractivity contribution < 1.29 is 4.42 Å². The van der Waals surface area contributed by atoms with Crippen molar-refractivity contribution >= 4 is 17.4 Å². The second-order valence-electron chi connectivity index (χ2n) is 5.45. The first-order valence-corrected chi connectivity index (χ1v) is 6.78. The molecule has 0 amide bonds. The summed E-state index contributed by atoms with van der Waals surface area (Å²) in [4.78, 5) is 4.36. The van der Waals surface area contributed by atoms with Gasteiger partial charge in [0.1, 0.15) is 0 Å². The van der Waals surface area contributed by atoms with Crippen molar-refractivity contribution in [3.05, 3.63) is 22.0 Å². The molecule has 5 nitrogen and oxygen atoms in total. The molecule has 0 aliphatic heterocycles. The SMILES string of the molecule is Cc1nc(CNc2nnc(CC(C)(C)C)o2)cs1. The number of anilines is 1. The number of nitrogens with zero attached hydrogens (tertiary/aromatic N) is 3. The summed E-state index contributed by atoms with van der Waals surface area (Å²) in [6.45, 7) is 9.02. The van der Waals surface area contributed by atoms with Crippen LogP contribution in [0, 0.1) is 12.3 Å². The fourth-order valence-corrected chi connectivity index (χ4v) is 2.12. The first-order chi connectivity index (χ1) is 8.42. The number of nitrogens with one attached hydrogen (secondary N) is 1. The fraction of sp³-hybridized carbons (Fsp3) is 0.583. The summed E-state index contributed by atoms with van der Waals surface area (Å²) in [5.41, 5.74) is 1.14. The Balaban J connectivity index is 1.91. The van der Waals surface area contributed by atoms with Gasteiger partial charge in [0.15, 0.2) is 0 Å². The highest BCUT2D eigenvalue weighted by Crippen LogP contribution is 2.20. The van der Waals surface area contributed by atoms with Crippen LogP contribution in [-0.4, -0.2) is 15.2 Å². The van der Waals surface area contributed by atoms with E-state index in [1.807, 2.05) is 12.3 Å². The molecule has 2 heterocycles. The number of thiazole rings is 1. The molecule has 0 aromatic carbocycles. The van der Waals surface area contributed by atoms with E-state index >= 15 is 0 Å². The van der Waals surface area contributed by atoms with E-state index in [1.54, 1.807) is 11.3 Å². The number of aromatic nitrogens is 3. The number of hydrogen-bond donors (Lipinski definition) is 1. The van der Waals surface area contributed by atoms with Gasteiger partial charge in [-0.15, -0.1) is 16.4 Å². The van der Waals surface area contributed by atoms with Gasteiger partial charge in [0.25, 0.3) is 0 Å². The van der Waals surface area contributed by atoms with Crippen molar-refractivity contribution in [1.29, 1.82) is 0 Å². The van der Waals surface area contributed by atoms with Crippen LogP contribution in [0.25, 0.3) is 0 Å². The van der Waals surface area contributed by atoms with Gasteiger partial charge in [-0.1, -0.05) is 25.9 Å². The van der Waals surface area contributed by atoms with Crippen LogP contribution in [0.2, 0.25) is 0 Å². The average Bonchev–Trinajstić information content (AvgIpc) is 2.82. The molecule has 0 aliphatic rings. The topological polar surface area (TPSA) is 63.8 Å². The van der Waals surface area contributed by atoms with E-state index in [4.69, 9.17) is 4.42 Å². The van der Waals surface area contributed by atoms with E-state index in [0.717, 1.165) is 17.1 Å². The van der Waals surface area contributed by atoms with Crippen molar-refractivity contribution in [2.75, 3.05) is 5.32 Å². The summed E-state index contributed by atoms with van der Waals surface area (Å²) in [5.74, 6) is 0.666. The van der Waals surface area contributed by atoms with Gasteiger partial charge in [-0.05, 0) is 12.3 Å². The van der Waals surface area contributed by atoms with E-state index in [2.05, 4.69) is 41.3 Å². The highest BCUT2D eigenvalue weighted by molar-refractivity contribution is 7.09. The standard InChI is InChI=1S/C12H18N4OS/c1-8-14-9(7-18-8)6-13-11-16-15-10(17-11)5-12(2,3)4/h7H,5-6H2,1-4H3,(H,13,16). The quantitative estimate of drug-likeness (QED) is 0.921. The first kappa shape index (κ1) is 13.0. The lowest BCUT2D eigenvalue weighted by atomic mass is 9.92. The predicted octanol–water partition coefficient (Wildman–Crippen LogP) is 3.04. The molecule has 0 fully saturated rings. The normalized spacial score (nSPS) is 11.8. The minimum Gasteiger partial charge on any atom is -0.408 e.